The quantitative estimate of drug-likeness (QED) is 0.483. The first-order valence-electron chi connectivity index (χ1n) is 11.7. The number of aliphatic carboxylic acids is 1. The number of allylic oxidation sites excluding steroid dienone is 4. The number of carbonyl (C=O) groups excluding carboxylic acids is 1. The van der Waals surface area contributed by atoms with Gasteiger partial charge in [-0.3, -0.25) is 9.59 Å². The topological polar surface area (TPSA) is 84.9 Å². The molecular weight excluding hydrogens is 489 g/mol. The van der Waals surface area contributed by atoms with Gasteiger partial charge in [-0.05, 0) is 73.4 Å². The second kappa shape index (κ2) is 9.96. The van der Waals surface area contributed by atoms with Crippen molar-refractivity contribution in [3.05, 3.63) is 75.8 Å². The first-order chi connectivity index (χ1) is 16.9. The van der Waals surface area contributed by atoms with Gasteiger partial charge < -0.3 is 19.9 Å². The predicted molar refractivity (Wildman–Crippen MR) is 134 cm³/mol. The molecule has 35 heavy (non-hydrogen) atoms. The molecule has 1 heterocycles. The summed E-state index contributed by atoms with van der Waals surface area (Å²) < 4.78 is 11.5. The highest BCUT2D eigenvalue weighted by Gasteiger charge is 2.34. The van der Waals surface area contributed by atoms with Crippen LogP contribution in [0.1, 0.15) is 41.1 Å². The molecule has 2 aromatic carbocycles. The molecule has 0 radical (unpaired) electrons. The van der Waals surface area contributed by atoms with Crippen molar-refractivity contribution in [1.29, 1.82) is 0 Å². The highest BCUT2D eigenvalue weighted by atomic mass is 35.5. The lowest BCUT2D eigenvalue weighted by molar-refractivity contribution is -0.139. The van der Waals surface area contributed by atoms with Crippen LogP contribution in [0.3, 0.4) is 0 Å². The number of carboxylic acid groups (broad SMARTS) is 1. The lowest BCUT2D eigenvalue weighted by Crippen LogP contribution is -2.31. The number of rotatable bonds is 6. The Morgan fingerprint density at radius 1 is 1.11 bits per heavy atom. The van der Waals surface area contributed by atoms with Crippen molar-refractivity contribution in [2.24, 2.45) is 17.8 Å². The van der Waals surface area contributed by atoms with Crippen molar-refractivity contribution in [3.63, 3.8) is 0 Å². The van der Waals surface area contributed by atoms with Crippen LogP contribution in [0.4, 0.5) is 0 Å². The Bertz CT molecular complexity index is 1210. The van der Waals surface area contributed by atoms with Crippen molar-refractivity contribution in [2.45, 2.75) is 25.2 Å². The van der Waals surface area contributed by atoms with Crippen LogP contribution in [0, 0.1) is 17.8 Å². The molecule has 1 aliphatic heterocycles. The van der Waals surface area contributed by atoms with Crippen LogP contribution < -0.4 is 14.8 Å². The Morgan fingerprint density at radius 2 is 1.91 bits per heavy atom. The van der Waals surface area contributed by atoms with Crippen molar-refractivity contribution in [1.82, 2.24) is 5.32 Å². The first kappa shape index (κ1) is 23.8. The molecule has 2 aromatic rings. The van der Waals surface area contributed by atoms with E-state index in [9.17, 15) is 14.7 Å². The first-order valence-corrected chi connectivity index (χ1v) is 12.5. The molecule has 4 unspecified atom stereocenters. The Kier molecular flexibility index (Phi) is 6.76. The second-order valence-corrected chi connectivity index (χ2v) is 10.0. The minimum absolute atomic E-state index is 0.131. The molecule has 2 N–H and O–H groups in total. The van der Waals surface area contributed by atoms with E-state index >= 15 is 0 Å². The average molecular weight is 514 g/mol. The van der Waals surface area contributed by atoms with E-state index < -0.39 is 11.9 Å². The van der Waals surface area contributed by atoms with Crippen LogP contribution >= 0.6 is 23.2 Å². The predicted octanol–water partition coefficient (Wildman–Crippen LogP) is 6.15. The number of nitrogens with one attached hydrogen (secondary N) is 1. The van der Waals surface area contributed by atoms with Gasteiger partial charge in [-0.25, -0.2) is 0 Å². The maximum absolute atomic E-state index is 12.7. The number of hydrogen-bond acceptors (Lipinski definition) is 4. The average Bonchev–Trinajstić information content (AvgIpc) is 3.25. The minimum atomic E-state index is -0.905. The minimum Gasteiger partial charge on any atom is -0.493 e. The molecule has 5 rings (SSSR count). The van der Waals surface area contributed by atoms with Gasteiger partial charge in [-0.2, -0.15) is 0 Å². The molecular formula is C27H25Cl2NO5. The van der Waals surface area contributed by atoms with Crippen LogP contribution in [-0.4, -0.2) is 30.1 Å². The van der Waals surface area contributed by atoms with Crippen molar-refractivity contribution in [2.75, 3.05) is 13.2 Å². The molecule has 2 aliphatic carbocycles. The zero-order chi connectivity index (χ0) is 24.5. The van der Waals surface area contributed by atoms with Gasteiger partial charge in [0.15, 0.2) is 0 Å². The van der Waals surface area contributed by atoms with Crippen LogP contribution in [0.25, 0.3) is 0 Å². The summed E-state index contributed by atoms with van der Waals surface area (Å²) in [5, 5.41) is 13.6. The summed E-state index contributed by atoms with van der Waals surface area (Å²) in [6.45, 7) is 0.938. The van der Waals surface area contributed by atoms with E-state index in [-0.39, 0.29) is 5.91 Å². The van der Waals surface area contributed by atoms with Gasteiger partial charge >= 0.3 is 5.97 Å². The Balaban J connectivity index is 1.21. The molecule has 6 nitrogen and oxygen atoms in total. The molecule has 0 bridgehead atoms. The SMILES string of the molecule is O=C(NCC1CCC2C=C(Cl)C=CC21)c1ccc(Oc2cc3c(cc2Cl)C(C(=O)O)CCO3)cc1. The number of halogens is 2. The third-order valence-electron chi connectivity index (χ3n) is 7.03. The van der Waals surface area contributed by atoms with Gasteiger partial charge in [0.05, 0.1) is 17.5 Å². The fourth-order valence-corrected chi connectivity index (χ4v) is 5.63. The van der Waals surface area contributed by atoms with Gasteiger partial charge in [-0.1, -0.05) is 35.4 Å². The smallest absolute Gasteiger partial charge is 0.311 e. The van der Waals surface area contributed by atoms with Gasteiger partial charge in [0, 0.05) is 28.8 Å². The van der Waals surface area contributed by atoms with Crippen molar-refractivity contribution >= 4 is 35.1 Å². The highest BCUT2D eigenvalue weighted by Crippen LogP contribution is 2.43. The van der Waals surface area contributed by atoms with Gasteiger partial charge in [0.1, 0.15) is 17.2 Å². The maximum atomic E-state index is 12.7. The van der Waals surface area contributed by atoms with E-state index in [1.165, 1.54) is 0 Å². The monoisotopic (exact) mass is 513 g/mol. The Labute approximate surface area is 213 Å². The fourth-order valence-electron chi connectivity index (χ4n) is 5.19. The molecule has 182 valence electrons. The number of hydrogen-bond donors (Lipinski definition) is 2. The number of carboxylic acids is 1. The van der Waals surface area contributed by atoms with Gasteiger partial charge in [0.25, 0.3) is 5.91 Å². The number of carbonyl (C=O) groups is 2. The molecule has 4 atom stereocenters. The van der Waals surface area contributed by atoms with E-state index in [0.717, 1.165) is 17.9 Å². The van der Waals surface area contributed by atoms with Crippen LogP contribution in [-0.2, 0) is 4.79 Å². The third-order valence-corrected chi connectivity index (χ3v) is 7.58. The maximum Gasteiger partial charge on any atom is 0.311 e. The summed E-state index contributed by atoms with van der Waals surface area (Å²) in [6, 6.07) is 10.0. The van der Waals surface area contributed by atoms with Gasteiger partial charge in [0.2, 0.25) is 0 Å². The molecule has 0 aromatic heterocycles. The van der Waals surface area contributed by atoms with E-state index in [1.54, 1.807) is 36.4 Å². The van der Waals surface area contributed by atoms with E-state index in [2.05, 4.69) is 17.5 Å². The van der Waals surface area contributed by atoms with Crippen molar-refractivity contribution in [3.8, 4) is 17.2 Å². The second-order valence-electron chi connectivity index (χ2n) is 9.17. The zero-order valence-corrected chi connectivity index (χ0v) is 20.4. The highest BCUT2D eigenvalue weighted by molar-refractivity contribution is 6.32. The molecule has 1 amide bonds. The summed E-state index contributed by atoms with van der Waals surface area (Å²) in [5.41, 5.74) is 1.09. The number of benzene rings is 2. The Morgan fingerprint density at radius 3 is 2.69 bits per heavy atom. The zero-order valence-electron chi connectivity index (χ0n) is 18.9. The van der Waals surface area contributed by atoms with Gasteiger partial charge in [-0.15, -0.1) is 0 Å². The van der Waals surface area contributed by atoms with E-state index in [0.29, 0.717) is 70.7 Å². The third kappa shape index (κ3) is 5.04. The lowest BCUT2D eigenvalue weighted by atomic mass is 9.86. The number of ether oxygens (including phenoxy) is 2. The largest absolute Gasteiger partial charge is 0.493 e. The molecule has 3 aliphatic rings. The van der Waals surface area contributed by atoms with Crippen LogP contribution in [0.2, 0.25) is 5.02 Å². The van der Waals surface area contributed by atoms with Crippen molar-refractivity contribution < 1.29 is 24.2 Å². The summed E-state index contributed by atoms with van der Waals surface area (Å²) in [4.78, 5) is 24.2. The Hall–Kier alpha value is -2.96. The van der Waals surface area contributed by atoms with E-state index in [4.69, 9.17) is 32.7 Å². The summed E-state index contributed by atoms with van der Waals surface area (Å²) in [5.74, 6) is 0.915. The summed E-state index contributed by atoms with van der Waals surface area (Å²) in [6.07, 6.45) is 8.79. The lowest BCUT2D eigenvalue weighted by Gasteiger charge is -2.24. The number of fused-ring (bicyclic) bond motifs is 2. The molecule has 0 saturated heterocycles. The normalized spacial score (nSPS) is 24.6. The summed E-state index contributed by atoms with van der Waals surface area (Å²) in [7, 11) is 0. The standard InChI is InChI=1S/C27H25Cl2NO5/c28-18-5-8-20-16(11-18)1-2-17(20)14-30-26(31)15-3-6-19(7-4-15)35-25-13-24-22(12-23(25)29)21(27(32)33)9-10-34-24/h3-8,11-13,16-17,20-21H,1-2,9-10,14H2,(H,30,31)(H,32,33). The molecule has 0 spiro atoms. The molecule has 1 saturated carbocycles. The summed E-state index contributed by atoms with van der Waals surface area (Å²) >= 11 is 12.5. The van der Waals surface area contributed by atoms with Crippen LogP contribution in [0.15, 0.2) is 59.7 Å². The molecule has 1 fully saturated rings. The fraction of sp³-hybridized carbons (Fsp3) is 0.333. The van der Waals surface area contributed by atoms with Crippen LogP contribution in [0.5, 0.6) is 17.2 Å². The molecule has 8 heteroatoms. The van der Waals surface area contributed by atoms with E-state index in [1.807, 2.05) is 6.08 Å². The number of amides is 1.